The van der Waals surface area contributed by atoms with Crippen LogP contribution in [-0.2, 0) is 11.0 Å². The molecule has 0 aliphatic heterocycles. The van der Waals surface area contributed by atoms with Crippen molar-refractivity contribution in [1.29, 1.82) is 0 Å². The first kappa shape index (κ1) is 16.0. The number of aromatic nitrogens is 3. The van der Waals surface area contributed by atoms with E-state index >= 15 is 0 Å². The minimum atomic E-state index is -0.980. The molecule has 1 aromatic carbocycles. The van der Waals surface area contributed by atoms with Gasteiger partial charge in [0, 0.05) is 17.3 Å². The highest BCUT2D eigenvalue weighted by molar-refractivity contribution is 5.94. The molecule has 1 saturated carbocycles. The summed E-state index contributed by atoms with van der Waals surface area (Å²) in [5.41, 5.74) is 2.18. The van der Waals surface area contributed by atoms with Gasteiger partial charge in [-0.15, -0.1) is 10.2 Å². The van der Waals surface area contributed by atoms with Crippen molar-refractivity contribution in [2.45, 2.75) is 44.6 Å². The fourth-order valence-electron chi connectivity index (χ4n) is 3.51. The lowest BCUT2D eigenvalue weighted by Gasteiger charge is -2.19. The molecule has 0 unspecified atom stereocenters. The van der Waals surface area contributed by atoms with E-state index in [4.69, 9.17) is 0 Å². The number of fused-ring (bicyclic) bond motifs is 1. The predicted octanol–water partition coefficient (Wildman–Crippen LogP) is 3.24. The van der Waals surface area contributed by atoms with Crippen molar-refractivity contribution in [1.82, 2.24) is 14.6 Å². The van der Waals surface area contributed by atoms with Gasteiger partial charge < -0.3 is 5.11 Å². The molecule has 1 fully saturated rings. The zero-order valence-corrected chi connectivity index (χ0v) is 14.7. The fourth-order valence-corrected chi connectivity index (χ4v) is 3.51. The van der Waals surface area contributed by atoms with E-state index in [1.54, 1.807) is 20.8 Å². The van der Waals surface area contributed by atoms with E-state index in [1.165, 1.54) is 0 Å². The zero-order chi connectivity index (χ0) is 17.8. The normalized spacial score (nSPS) is 16.2. The molecule has 3 aromatic rings. The summed E-state index contributed by atoms with van der Waals surface area (Å²) < 4.78 is 1.99. The molecule has 5 nitrogen and oxygen atoms in total. The lowest BCUT2D eigenvalue weighted by molar-refractivity contribution is 0.0796. The van der Waals surface area contributed by atoms with Gasteiger partial charge in [-0.05, 0) is 45.2 Å². The van der Waals surface area contributed by atoms with Gasteiger partial charge in [0.15, 0.2) is 11.4 Å². The Morgan fingerprint density at radius 2 is 1.84 bits per heavy atom. The van der Waals surface area contributed by atoms with Crippen molar-refractivity contribution in [3.63, 3.8) is 0 Å². The van der Waals surface area contributed by atoms with Gasteiger partial charge in [-0.2, -0.15) is 0 Å². The Morgan fingerprint density at radius 1 is 1.16 bits per heavy atom. The highest BCUT2D eigenvalue weighted by Crippen LogP contribution is 2.52. The van der Waals surface area contributed by atoms with Crippen LogP contribution in [0.4, 0.5) is 0 Å². The lowest BCUT2D eigenvalue weighted by atomic mass is 9.93. The number of carbonyl (C=O) groups excluding carboxylic acids is 1. The summed E-state index contributed by atoms with van der Waals surface area (Å²) in [5, 5.41) is 19.2. The Bertz CT molecular complexity index is 961. The van der Waals surface area contributed by atoms with Gasteiger partial charge in [-0.25, -0.2) is 0 Å². The van der Waals surface area contributed by atoms with Crippen LogP contribution < -0.4 is 0 Å². The maximum atomic E-state index is 11.5. The molecule has 0 amide bonds. The minimum absolute atomic E-state index is 0.0687. The van der Waals surface area contributed by atoms with Crippen molar-refractivity contribution < 1.29 is 9.90 Å². The van der Waals surface area contributed by atoms with Gasteiger partial charge in [-0.3, -0.25) is 9.20 Å². The Morgan fingerprint density at radius 3 is 2.40 bits per heavy atom. The predicted molar refractivity (Wildman–Crippen MR) is 94.7 cm³/mol. The molecule has 5 heteroatoms. The summed E-state index contributed by atoms with van der Waals surface area (Å²) in [6, 6.07) is 11.6. The molecule has 2 heterocycles. The molecular weight excluding hydrogens is 314 g/mol. The Hall–Kier alpha value is -2.53. The van der Waals surface area contributed by atoms with Crippen LogP contribution in [0.5, 0.6) is 0 Å². The number of carbonyl (C=O) groups is 1. The van der Waals surface area contributed by atoms with E-state index in [0.29, 0.717) is 5.65 Å². The molecular formula is C20H21N3O2. The van der Waals surface area contributed by atoms with Crippen LogP contribution in [0.3, 0.4) is 0 Å². The number of rotatable bonds is 4. The number of benzene rings is 1. The lowest BCUT2D eigenvalue weighted by Crippen LogP contribution is -2.18. The molecule has 2 aromatic heterocycles. The molecule has 1 N–H and O–H groups in total. The van der Waals surface area contributed by atoms with Gasteiger partial charge in [0.2, 0.25) is 0 Å². The molecule has 0 radical (unpaired) electrons. The van der Waals surface area contributed by atoms with Crippen molar-refractivity contribution >= 4 is 11.4 Å². The smallest absolute Gasteiger partial charge is 0.166 e. The summed E-state index contributed by atoms with van der Waals surface area (Å²) >= 11 is 0. The number of hydrogen-bond donors (Lipinski definition) is 1. The second kappa shape index (κ2) is 5.23. The molecule has 128 valence electrons. The third-order valence-electron chi connectivity index (χ3n) is 5.12. The van der Waals surface area contributed by atoms with Gasteiger partial charge in [-0.1, -0.05) is 30.3 Å². The fraction of sp³-hybridized carbons (Fsp3) is 0.350. The Labute approximate surface area is 146 Å². The highest BCUT2D eigenvalue weighted by atomic mass is 16.3. The van der Waals surface area contributed by atoms with Crippen LogP contribution in [0.15, 0.2) is 42.6 Å². The first-order chi connectivity index (χ1) is 11.8. The van der Waals surface area contributed by atoms with Crippen LogP contribution in [0.25, 0.3) is 5.65 Å². The number of aliphatic hydroxyl groups is 1. The highest BCUT2D eigenvalue weighted by Gasteiger charge is 2.49. The summed E-state index contributed by atoms with van der Waals surface area (Å²) in [6.07, 6.45) is 3.95. The van der Waals surface area contributed by atoms with Crippen molar-refractivity contribution in [2.24, 2.45) is 0 Å². The van der Waals surface area contributed by atoms with E-state index in [9.17, 15) is 9.90 Å². The third kappa shape index (κ3) is 2.46. The number of Topliss-reactive ketones (excluding diaryl/α,β-unsaturated/α-hetero) is 1. The number of nitrogens with zero attached hydrogens (tertiary/aromatic N) is 3. The first-order valence-electron chi connectivity index (χ1n) is 8.51. The molecule has 0 atom stereocenters. The second-order valence-electron chi connectivity index (χ2n) is 7.41. The van der Waals surface area contributed by atoms with Gasteiger partial charge in [0.25, 0.3) is 0 Å². The maximum absolute atomic E-state index is 11.5. The van der Waals surface area contributed by atoms with Gasteiger partial charge in [0.1, 0.15) is 5.82 Å². The average Bonchev–Trinajstić information content (AvgIpc) is 3.26. The molecule has 25 heavy (non-hydrogen) atoms. The number of pyridine rings is 1. The van der Waals surface area contributed by atoms with E-state index in [1.807, 2.05) is 47.0 Å². The molecule has 0 spiro atoms. The largest absolute Gasteiger partial charge is 0.386 e. The van der Waals surface area contributed by atoms with E-state index in [2.05, 4.69) is 10.2 Å². The third-order valence-corrected chi connectivity index (χ3v) is 5.12. The summed E-state index contributed by atoms with van der Waals surface area (Å²) in [5.74, 6) is 0.961. The van der Waals surface area contributed by atoms with Crippen LogP contribution in [-0.4, -0.2) is 25.5 Å². The monoisotopic (exact) mass is 335 g/mol. The molecule has 0 saturated heterocycles. The topological polar surface area (TPSA) is 67.5 Å². The van der Waals surface area contributed by atoms with Gasteiger partial charge >= 0.3 is 0 Å². The quantitative estimate of drug-likeness (QED) is 0.743. The van der Waals surface area contributed by atoms with Crippen LogP contribution in [0, 0.1) is 0 Å². The average molecular weight is 335 g/mol. The SMILES string of the molecule is CC(=O)c1ccc(C2(c3nnc4c(C(C)(C)O)cccn34)CC2)cc1. The number of hydrogen-bond acceptors (Lipinski definition) is 4. The molecule has 0 bridgehead atoms. The number of ketones is 1. The summed E-state index contributed by atoms with van der Waals surface area (Å²) in [4.78, 5) is 11.5. The Balaban J connectivity index is 1.83. The molecule has 1 aliphatic carbocycles. The van der Waals surface area contributed by atoms with E-state index in [-0.39, 0.29) is 11.2 Å². The van der Waals surface area contributed by atoms with Gasteiger partial charge in [0.05, 0.1) is 11.0 Å². The maximum Gasteiger partial charge on any atom is 0.166 e. The van der Waals surface area contributed by atoms with E-state index in [0.717, 1.165) is 35.4 Å². The van der Waals surface area contributed by atoms with Crippen molar-refractivity contribution in [3.8, 4) is 0 Å². The van der Waals surface area contributed by atoms with Crippen molar-refractivity contribution in [2.75, 3.05) is 0 Å². The minimum Gasteiger partial charge on any atom is -0.386 e. The summed E-state index contributed by atoms with van der Waals surface area (Å²) in [7, 11) is 0. The molecule has 1 aliphatic rings. The first-order valence-corrected chi connectivity index (χ1v) is 8.51. The summed E-state index contributed by atoms with van der Waals surface area (Å²) in [6.45, 7) is 5.08. The van der Waals surface area contributed by atoms with Crippen molar-refractivity contribution in [3.05, 3.63) is 65.1 Å². The van der Waals surface area contributed by atoms with E-state index < -0.39 is 5.60 Å². The second-order valence-corrected chi connectivity index (χ2v) is 7.41. The molecule has 4 rings (SSSR count). The zero-order valence-electron chi connectivity index (χ0n) is 14.7. The standard InChI is InChI=1S/C20H21N3O2/c1-13(24)14-6-8-15(9-7-14)20(10-11-20)18-22-21-17-16(19(2,3)25)5-4-12-23(17)18/h4-9,12,25H,10-11H2,1-3H3. The Kier molecular flexibility index (Phi) is 3.34. The van der Waals surface area contributed by atoms with Crippen LogP contribution in [0.2, 0.25) is 0 Å². The van der Waals surface area contributed by atoms with Crippen LogP contribution >= 0.6 is 0 Å². The van der Waals surface area contributed by atoms with Crippen LogP contribution in [0.1, 0.15) is 60.9 Å².